The maximum Gasteiger partial charge on any atom is 0.130 e. The number of hydrogen-bond acceptors (Lipinski definition) is 0. The quantitative estimate of drug-likeness (QED) is 0.651. The standard InChI is InChI=1S/C14H16ClF/c15-10-11-6-2-1-3-7-12(11)13-8-4-5-9-14(13)16/h4-5,8-9H,1-3,6-7,10H2. The first kappa shape index (κ1) is 11.7. The summed E-state index contributed by atoms with van der Waals surface area (Å²) in [5.41, 5.74) is 3.12. The lowest BCUT2D eigenvalue weighted by atomic mass is 9.96. The molecule has 1 aliphatic carbocycles. The van der Waals surface area contributed by atoms with Gasteiger partial charge in [-0.1, -0.05) is 30.2 Å². The summed E-state index contributed by atoms with van der Waals surface area (Å²) < 4.78 is 13.7. The molecule has 0 aromatic heterocycles. The third-order valence-corrected chi connectivity index (χ3v) is 3.52. The maximum atomic E-state index is 13.7. The van der Waals surface area contributed by atoms with E-state index in [0.717, 1.165) is 30.4 Å². The Morgan fingerprint density at radius 1 is 1.06 bits per heavy atom. The van der Waals surface area contributed by atoms with Crippen LogP contribution >= 0.6 is 11.6 Å². The smallest absolute Gasteiger partial charge is 0.130 e. The molecule has 2 rings (SSSR count). The highest BCUT2D eigenvalue weighted by atomic mass is 35.5. The van der Waals surface area contributed by atoms with Crippen molar-refractivity contribution in [3.05, 3.63) is 41.2 Å². The van der Waals surface area contributed by atoms with Crippen molar-refractivity contribution < 1.29 is 4.39 Å². The topological polar surface area (TPSA) is 0 Å². The van der Waals surface area contributed by atoms with Crippen molar-refractivity contribution in [2.24, 2.45) is 0 Å². The fraction of sp³-hybridized carbons (Fsp3) is 0.429. The van der Waals surface area contributed by atoms with Gasteiger partial charge in [0, 0.05) is 11.4 Å². The van der Waals surface area contributed by atoms with E-state index in [0.29, 0.717) is 5.88 Å². The zero-order chi connectivity index (χ0) is 11.4. The summed E-state index contributed by atoms with van der Waals surface area (Å²) in [5.74, 6) is 0.408. The molecular formula is C14H16ClF. The molecule has 0 fully saturated rings. The van der Waals surface area contributed by atoms with Crippen LogP contribution < -0.4 is 0 Å². The minimum Gasteiger partial charge on any atom is -0.206 e. The minimum atomic E-state index is -0.123. The maximum absolute atomic E-state index is 13.7. The van der Waals surface area contributed by atoms with Crippen molar-refractivity contribution in [3.8, 4) is 0 Å². The molecule has 1 aliphatic rings. The first-order valence-corrected chi connectivity index (χ1v) is 6.38. The Balaban J connectivity index is 2.42. The lowest BCUT2D eigenvalue weighted by Gasteiger charge is -2.11. The van der Waals surface area contributed by atoms with Crippen LogP contribution in [0.3, 0.4) is 0 Å². The molecule has 86 valence electrons. The first-order chi connectivity index (χ1) is 7.83. The van der Waals surface area contributed by atoms with Gasteiger partial charge in [-0.3, -0.25) is 0 Å². The van der Waals surface area contributed by atoms with Gasteiger partial charge in [0.2, 0.25) is 0 Å². The van der Waals surface area contributed by atoms with Gasteiger partial charge in [0.25, 0.3) is 0 Å². The van der Waals surface area contributed by atoms with Crippen LogP contribution in [-0.4, -0.2) is 5.88 Å². The fourth-order valence-electron chi connectivity index (χ4n) is 2.32. The largest absolute Gasteiger partial charge is 0.206 e. The summed E-state index contributed by atoms with van der Waals surface area (Å²) in [5, 5.41) is 0. The highest BCUT2D eigenvalue weighted by Crippen LogP contribution is 2.32. The summed E-state index contributed by atoms with van der Waals surface area (Å²) in [7, 11) is 0. The molecular weight excluding hydrogens is 223 g/mol. The molecule has 0 nitrogen and oxygen atoms in total. The van der Waals surface area contributed by atoms with Gasteiger partial charge in [0.15, 0.2) is 0 Å². The highest BCUT2D eigenvalue weighted by molar-refractivity contribution is 6.20. The number of alkyl halides is 1. The molecule has 1 aromatic rings. The third-order valence-electron chi connectivity index (χ3n) is 3.19. The second kappa shape index (κ2) is 5.49. The van der Waals surface area contributed by atoms with Gasteiger partial charge in [0.1, 0.15) is 5.82 Å². The molecule has 0 saturated heterocycles. The second-order valence-electron chi connectivity index (χ2n) is 4.26. The molecule has 0 bridgehead atoms. The number of halogens is 2. The van der Waals surface area contributed by atoms with E-state index in [1.807, 2.05) is 12.1 Å². The zero-order valence-electron chi connectivity index (χ0n) is 9.31. The molecule has 0 unspecified atom stereocenters. The molecule has 2 heteroatoms. The van der Waals surface area contributed by atoms with Crippen LogP contribution in [0, 0.1) is 5.82 Å². The molecule has 16 heavy (non-hydrogen) atoms. The summed E-state index contributed by atoms with van der Waals surface area (Å²) >= 11 is 5.97. The third kappa shape index (κ3) is 2.46. The molecule has 0 aliphatic heterocycles. The van der Waals surface area contributed by atoms with Crippen LogP contribution in [0.15, 0.2) is 29.8 Å². The Kier molecular flexibility index (Phi) is 4.00. The van der Waals surface area contributed by atoms with E-state index < -0.39 is 0 Å². The van der Waals surface area contributed by atoms with Crippen LogP contribution in [0.2, 0.25) is 0 Å². The molecule has 0 amide bonds. The minimum absolute atomic E-state index is 0.123. The Morgan fingerprint density at radius 2 is 1.81 bits per heavy atom. The van der Waals surface area contributed by atoms with Crippen LogP contribution in [-0.2, 0) is 0 Å². The monoisotopic (exact) mass is 238 g/mol. The average molecular weight is 239 g/mol. The van der Waals surface area contributed by atoms with Crippen LogP contribution in [0.4, 0.5) is 4.39 Å². The number of hydrogen-bond donors (Lipinski definition) is 0. The van der Waals surface area contributed by atoms with Crippen LogP contribution in [0.1, 0.15) is 37.7 Å². The average Bonchev–Trinajstić information content (AvgIpc) is 2.54. The normalized spacial score (nSPS) is 17.4. The van der Waals surface area contributed by atoms with Crippen LogP contribution in [0.25, 0.3) is 5.57 Å². The zero-order valence-corrected chi connectivity index (χ0v) is 10.1. The van der Waals surface area contributed by atoms with E-state index in [2.05, 4.69) is 0 Å². The Morgan fingerprint density at radius 3 is 2.56 bits per heavy atom. The molecule has 0 heterocycles. The van der Waals surface area contributed by atoms with Gasteiger partial charge in [-0.05, 0) is 37.3 Å². The van der Waals surface area contributed by atoms with Crippen molar-refractivity contribution in [1.82, 2.24) is 0 Å². The van der Waals surface area contributed by atoms with Crippen molar-refractivity contribution in [2.75, 3.05) is 5.88 Å². The molecule has 0 N–H and O–H groups in total. The Hall–Kier alpha value is -0.820. The summed E-state index contributed by atoms with van der Waals surface area (Å²) in [6, 6.07) is 7.01. The van der Waals surface area contributed by atoms with E-state index in [4.69, 9.17) is 11.6 Å². The Labute approximate surface area is 101 Å². The van der Waals surface area contributed by atoms with E-state index in [1.54, 1.807) is 6.07 Å². The van der Waals surface area contributed by atoms with Gasteiger partial charge in [-0.2, -0.15) is 0 Å². The predicted molar refractivity (Wildman–Crippen MR) is 67.1 cm³/mol. The van der Waals surface area contributed by atoms with Gasteiger partial charge < -0.3 is 0 Å². The summed E-state index contributed by atoms with van der Waals surface area (Å²) in [6.45, 7) is 0. The van der Waals surface area contributed by atoms with Gasteiger partial charge in [-0.15, -0.1) is 11.6 Å². The predicted octanol–water partition coefficient (Wildman–Crippen LogP) is 4.78. The number of allylic oxidation sites excluding steroid dienone is 2. The van der Waals surface area contributed by atoms with Crippen molar-refractivity contribution >= 4 is 17.2 Å². The van der Waals surface area contributed by atoms with Gasteiger partial charge in [0.05, 0.1) is 0 Å². The summed E-state index contributed by atoms with van der Waals surface area (Å²) in [4.78, 5) is 0. The highest BCUT2D eigenvalue weighted by Gasteiger charge is 2.14. The van der Waals surface area contributed by atoms with E-state index in [1.165, 1.54) is 24.5 Å². The van der Waals surface area contributed by atoms with E-state index in [9.17, 15) is 4.39 Å². The second-order valence-corrected chi connectivity index (χ2v) is 4.52. The number of rotatable bonds is 2. The molecule has 0 radical (unpaired) electrons. The van der Waals surface area contributed by atoms with Gasteiger partial charge in [-0.25, -0.2) is 4.39 Å². The van der Waals surface area contributed by atoms with Crippen LogP contribution in [0.5, 0.6) is 0 Å². The Bertz CT molecular complexity index is 395. The van der Waals surface area contributed by atoms with Crippen molar-refractivity contribution in [2.45, 2.75) is 32.1 Å². The lowest BCUT2D eigenvalue weighted by Crippen LogP contribution is -1.95. The summed E-state index contributed by atoms with van der Waals surface area (Å²) in [6.07, 6.45) is 5.53. The van der Waals surface area contributed by atoms with Crippen molar-refractivity contribution in [3.63, 3.8) is 0 Å². The van der Waals surface area contributed by atoms with E-state index >= 15 is 0 Å². The molecule has 0 atom stereocenters. The number of benzene rings is 1. The van der Waals surface area contributed by atoms with Crippen molar-refractivity contribution in [1.29, 1.82) is 0 Å². The van der Waals surface area contributed by atoms with E-state index in [-0.39, 0.29) is 5.82 Å². The van der Waals surface area contributed by atoms with Gasteiger partial charge >= 0.3 is 0 Å². The SMILES string of the molecule is Fc1ccccc1C1=C(CCl)CCCCC1. The first-order valence-electron chi connectivity index (χ1n) is 5.84. The molecule has 0 spiro atoms. The molecule has 0 saturated carbocycles. The lowest BCUT2D eigenvalue weighted by molar-refractivity contribution is 0.622. The molecule has 1 aromatic carbocycles. The fourth-order valence-corrected chi connectivity index (χ4v) is 2.62.